The molecule has 6 nitrogen and oxygen atoms in total. The van der Waals surface area contributed by atoms with Gasteiger partial charge in [-0.15, -0.1) is 0 Å². The zero-order chi connectivity index (χ0) is 14.5. The average Bonchev–Trinajstić information content (AvgIpc) is 2.72. The number of amides is 2. The maximum Gasteiger partial charge on any atom is 0.319 e. The lowest BCUT2D eigenvalue weighted by Crippen LogP contribution is -2.47. The Hall–Kier alpha value is -1.56. The molecule has 1 saturated heterocycles. The molecule has 1 aliphatic heterocycles. The predicted octanol–water partition coefficient (Wildman–Crippen LogP) is 1.72. The number of hydrogen-bond donors (Lipinski definition) is 3. The topological polar surface area (TPSA) is 71.0 Å². The molecule has 0 saturated carbocycles. The lowest BCUT2D eigenvalue weighted by molar-refractivity contribution is 0.245. The van der Waals surface area contributed by atoms with E-state index in [0.29, 0.717) is 5.92 Å². The molecular formula is C14H25N5O. The Kier molecular flexibility index (Phi) is 5.00. The Morgan fingerprint density at radius 2 is 2.40 bits per heavy atom. The standard InChI is InChI=1S/C14H25N5O/c1-10(2)9-19-11(3)13(8-16-19)18-14(20)17-12-5-4-6-15-7-12/h8,10,12,15H,4-7,9H2,1-3H3,(H2,17,18,20)/t12-/m0/s1. The van der Waals surface area contributed by atoms with Crippen LogP contribution in [0.5, 0.6) is 0 Å². The lowest BCUT2D eigenvalue weighted by Gasteiger charge is -2.23. The summed E-state index contributed by atoms with van der Waals surface area (Å²) >= 11 is 0. The van der Waals surface area contributed by atoms with E-state index in [1.165, 1.54) is 0 Å². The number of nitrogens with zero attached hydrogens (tertiary/aromatic N) is 2. The summed E-state index contributed by atoms with van der Waals surface area (Å²) in [5.74, 6) is 0.531. The van der Waals surface area contributed by atoms with E-state index in [2.05, 4.69) is 34.9 Å². The van der Waals surface area contributed by atoms with Gasteiger partial charge in [-0.05, 0) is 32.2 Å². The van der Waals surface area contributed by atoms with Crippen molar-refractivity contribution in [3.05, 3.63) is 11.9 Å². The first-order valence-corrected chi connectivity index (χ1v) is 7.37. The molecule has 0 spiro atoms. The van der Waals surface area contributed by atoms with E-state index in [9.17, 15) is 4.79 Å². The van der Waals surface area contributed by atoms with Crippen molar-refractivity contribution in [2.24, 2.45) is 5.92 Å². The first-order valence-electron chi connectivity index (χ1n) is 7.37. The van der Waals surface area contributed by atoms with E-state index in [0.717, 1.165) is 43.9 Å². The molecule has 0 aromatic carbocycles. The zero-order valence-corrected chi connectivity index (χ0v) is 12.6. The first kappa shape index (κ1) is 14.8. The quantitative estimate of drug-likeness (QED) is 0.786. The number of aromatic nitrogens is 2. The summed E-state index contributed by atoms with van der Waals surface area (Å²) in [5, 5.41) is 13.5. The van der Waals surface area contributed by atoms with Crippen LogP contribution in [0, 0.1) is 12.8 Å². The molecule has 0 radical (unpaired) electrons. The van der Waals surface area contributed by atoms with Gasteiger partial charge < -0.3 is 16.0 Å². The Bertz CT molecular complexity index is 448. The molecule has 0 bridgehead atoms. The maximum absolute atomic E-state index is 12.0. The van der Waals surface area contributed by atoms with Gasteiger partial charge in [0, 0.05) is 19.1 Å². The van der Waals surface area contributed by atoms with Gasteiger partial charge in [0.2, 0.25) is 0 Å². The molecule has 0 unspecified atom stereocenters. The van der Waals surface area contributed by atoms with Crippen molar-refractivity contribution in [3.63, 3.8) is 0 Å². The van der Waals surface area contributed by atoms with Crippen molar-refractivity contribution in [2.75, 3.05) is 18.4 Å². The predicted molar refractivity (Wildman–Crippen MR) is 79.8 cm³/mol. The summed E-state index contributed by atoms with van der Waals surface area (Å²) in [5.41, 5.74) is 1.78. The van der Waals surface area contributed by atoms with Crippen LogP contribution in [0.1, 0.15) is 32.4 Å². The summed E-state index contributed by atoms with van der Waals surface area (Å²) in [6.45, 7) is 9.03. The number of piperidine rings is 1. The van der Waals surface area contributed by atoms with Crippen molar-refractivity contribution < 1.29 is 4.79 Å². The van der Waals surface area contributed by atoms with Crippen molar-refractivity contribution in [1.29, 1.82) is 0 Å². The molecule has 20 heavy (non-hydrogen) atoms. The minimum Gasteiger partial charge on any atom is -0.334 e. The number of urea groups is 1. The summed E-state index contributed by atoms with van der Waals surface area (Å²) in [7, 11) is 0. The fourth-order valence-electron chi connectivity index (χ4n) is 2.42. The number of hydrogen-bond acceptors (Lipinski definition) is 3. The number of carbonyl (C=O) groups is 1. The molecule has 2 heterocycles. The van der Waals surface area contributed by atoms with E-state index < -0.39 is 0 Å². The van der Waals surface area contributed by atoms with Gasteiger partial charge in [0.25, 0.3) is 0 Å². The highest BCUT2D eigenvalue weighted by Crippen LogP contribution is 2.15. The maximum atomic E-state index is 12.0. The van der Waals surface area contributed by atoms with Crippen molar-refractivity contribution in [2.45, 2.75) is 46.2 Å². The fraction of sp³-hybridized carbons (Fsp3) is 0.714. The molecule has 2 rings (SSSR count). The van der Waals surface area contributed by atoms with Gasteiger partial charge in [0.05, 0.1) is 17.6 Å². The molecule has 3 N–H and O–H groups in total. The summed E-state index contributed by atoms with van der Waals surface area (Å²) in [6, 6.07) is 0.0701. The van der Waals surface area contributed by atoms with Crippen LogP contribution in [-0.4, -0.2) is 34.9 Å². The highest BCUT2D eigenvalue weighted by molar-refractivity contribution is 5.89. The molecule has 1 aromatic heterocycles. The monoisotopic (exact) mass is 279 g/mol. The fourth-order valence-corrected chi connectivity index (χ4v) is 2.42. The van der Waals surface area contributed by atoms with Crippen LogP contribution in [0.2, 0.25) is 0 Å². The number of nitrogens with one attached hydrogen (secondary N) is 3. The van der Waals surface area contributed by atoms with E-state index >= 15 is 0 Å². The van der Waals surface area contributed by atoms with Gasteiger partial charge in [-0.25, -0.2) is 4.79 Å². The summed E-state index contributed by atoms with van der Waals surface area (Å²) < 4.78 is 1.93. The van der Waals surface area contributed by atoms with Crippen molar-refractivity contribution in [3.8, 4) is 0 Å². The highest BCUT2D eigenvalue weighted by atomic mass is 16.2. The van der Waals surface area contributed by atoms with Gasteiger partial charge in [0.1, 0.15) is 0 Å². The van der Waals surface area contributed by atoms with Gasteiger partial charge in [-0.2, -0.15) is 5.10 Å². The molecule has 2 amide bonds. The number of carbonyl (C=O) groups excluding carboxylic acids is 1. The number of anilines is 1. The summed E-state index contributed by atoms with van der Waals surface area (Å²) in [6.07, 6.45) is 3.86. The van der Waals surface area contributed by atoms with Crippen molar-refractivity contribution in [1.82, 2.24) is 20.4 Å². The third kappa shape index (κ3) is 3.96. The van der Waals surface area contributed by atoms with Crippen LogP contribution in [0.4, 0.5) is 10.5 Å². The first-order chi connectivity index (χ1) is 9.56. The van der Waals surface area contributed by atoms with Crippen LogP contribution >= 0.6 is 0 Å². The van der Waals surface area contributed by atoms with E-state index in [-0.39, 0.29) is 12.1 Å². The van der Waals surface area contributed by atoms with Crippen LogP contribution in [0.15, 0.2) is 6.20 Å². The van der Waals surface area contributed by atoms with Crippen LogP contribution in [0.3, 0.4) is 0 Å². The second-order valence-electron chi connectivity index (χ2n) is 5.86. The Morgan fingerprint density at radius 1 is 1.60 bits per heavy atom. The third-order valence-electron chi connectivity index (χ3n) is 3.52. The molecule has 112 valence electrons. The van der Waals surface area contributed by atoms with Crippen LogP contribution in [-0.2, 0) is 6.54 Å². The molecular weight excluding hydrogens is 254 g/mol. The van der Waals surface area contributed by atoms with E-state index in [1.807, 2.05) is 11.6 Å². The summed E-state index contributed by atoms with van der Waals surface area (Å²) in [4.78, 5) is 12.0. The molecule has 1 fully saturated rings. The Morgan fingerprint density at radius 3 is 3.05 bits per heavy atom. The zero-order valence-electron chi connectivity index (χ0n) is 12.6. The van der Waals surface area contributed by atoms with Crippen LogP contribution in [0.25, 0.3) is 0 Å². The van der Waals surface area contributed by atoms with E-state index in [1.54, 1.807) is 6.20 Å². The second kappa shape index (κ2) is 6.74. The molecule has 6 heteroatoms. The minimum atomic E-state index is -0.147. The molecule has 1 aliphatic rings. The van der Waals surface area contributed by atoms with Gasteiger partial charge >= 0.3 is 6.03 Å². The minimum absolute atomic E-state index is 0.147. The van der Waals surface area contributed by atoms with Crippen LogP contribution < -0.4 is 16.0 Å². The normalized spacial score (nSPS) is 19.1. The Balaban J connectivity index is 1.89. The SMILES string of the molecule is Cc1c(NC(=O)N[C@H]2CCCNC2)cnn1CC(C)C. The molecule has 0 aliphatic carbocycles. The van der Waals surface area contributed by atoms with Crippen molar-refractivity contribution >= 4 is 11.7 Å². The van der Waals surface area contributed by atoms with Gasteiger partial charge in [-0.3, -0.25) is 4.68 Å². The average molecular weight is 279 g/mol. The smallest absolute Gasteiger partial charge is 0.319 e. The second-order valence-corrected chi connectivity index (χ2v) is 5.86. The largest absolute Gasteiger partial charge is 0.334 e. The molecule has 1 atom stereocenters. The Labute approximate surface area is 120 Å². The highest BCUT2D eigenvalue weighted by Gasteiger charge is 2.16. The third-order valence-corrected chi connectivity index (χ3v) is 3.52. The van der Waals surface area contributed by atoms with E-state index in [4.69, 9.17) is 0 Å². The van der Waals surface area contributed by atoms with Gasteiger partial charge in [-0.1, -0.05) is 13.8 Å². The van der Waals surface area contributed by atoms with Gasteiger partial charge in [0.15, 0.2) is 0 Å². The lowest BCUT2D eigenvalue weighted by atomic mass is 10.1. The molecule has 1 aromatic rings. The number of rotatable bonds is 4.